The maximum atomic E-state index is 12.4. The number of nitrogens with two attached hydrogens (primary N) is 1. The largest absolute Gasteiger partial charge is 0.363 e. The van der Waals surface area contributed by atoms with E-state index in [2.05, 4.69) is 14.7 Å². The molecule has 4 N–H and O–H groups in total. The van der Waals surface area contributed by atoms with Crippen molar-refractivity contribution in [3.8, 4) is 0 Å². The van der Waals surface area contributed by atoms with Crippen LogP contribution in [-0.4, -0.2) is 18.4 Å². The maximum Gasteiger partial charge on any atom is 0.263 e. The first-order chi connectivity index (χ1) is 10.1. The van der Waals surface area contributed by atoms with Gasteiger partial charge in [-0.3, -0.25) is 9.71 Å². The standard InChI is InChI=1S/C14H14N4O2S/c15-7-11-6-12(8-17-11)21(19,20)18-14-3-1-2-10-4-5-16-9-13(10)14/h1-6,8-9,17-18H,7,15H2. The van der Waals surface area contributed by atoms with Crippen molar-refractivity contribution in [1.29, 1.82) is 0 Å². The Hall–Kier alpha value is -2.38. The summed E-state index contributed by atoms with van der Waals surface area (Å²) in [5.41, 5.74) is 6.64. The number of fused-ring (bicyclic) bond motifs is 1. The van der Waals surface area contributed by atoms with Gasteiger partial charge in [0.2, 0.25) is 0 Å². The molecular weight excluding hydrogens is 288 g/mol. The van der Waals surface area contributed by atoms with Crippen LogP contribution in [0.2, 0.25) is 0 Å². The van der Waals surface area contributed by atoms with Crippen molar-refractivity contribution in [2.75, 3.05) is 4.72 Å². The number of nitrogens with one attached hydrogen (secondary N) is 2. The van der Waals surface area contributed by atoms with Crippen molar-refractivity contribution in [1.82, 2.24) is 9.97 Å². The Labute approximate surface area is 122 Å². The molecule has 0 aliphatic rings. The van der Waals surface area contributed by atoms with E-state index in [4.69, 9.17) is 5.73 Å². The van der Waals surface area contributed by atoms with Gasteiger partial charge in [-0.2, -0.15) is 0 Å². The smallest absolute Gasteiger partial charge is 0.263 e. The third kappa shape index (κ3) is 2.61. The van der Waals surface area contributed by atoms with Gasteiger partial charge in [0.15, 0.2) is 0 Å². The first kappa shape index (κ1) is 13.6. The summed E-state index contributed by atoms with van der Waals surface area (Å²) in [6.45, 7) is 0.258. The second-order valence-corrected chi connectivity index (χ2v) is 6.26. The molecule has 0 fully saturated rings. The predicted octanol–water partition coefficient (Wildman–Crippen LogP) is 1.82. The van der Waals surface area contributed by atoms with Crippen LogP contribution in [0.25, 0.3) is 10.8 Å². The van der Waals surface area contributed by atoms with Gasteiger partial charge < -0.3 is 10.7 Å². The highest BCUT2D eigenvalue weighted by Gasteiger charge is 2.17. The molecule has 1 aromatic carbocycles. The first-order valence-corrected chi connectivity index (χ1v) is 7.81. The van der Waals surface area contributed by atoms with Gasteiger partial charge in [0.25, 0.3) is 10.0 Å². The molecule has 0 unspecified atom stereocenters. The third-order valence-electron chi connectivity index (χ3n) is 3.17. The number of aromatic amines is 1. The number of H-pyrrole nitrogens is 1. The van der Waals surface area contributed by atoms with E-state index in [0.717, 1.165) is 10.8 Å². The van der Waals surface area contributed by atoms with Crippen LogP contribution in [0.5, 0.6) is 0 Å². The molecule has 0 bridgehead atoms. The lowest BCUT2D eigenvalue weighted by molar-refractivity contribution is 0.601. The number of pyridine rings is 1. The Morgan fingerprint density at radius 1 is 1.29 bits per heavy atom. The van der Waals surface area contributed by atoms with Gasteiger partial charge in [-0.05, 0) is 23.6 Å². The number of benzene rings is 1. The highest BCUT2D eigenvalue weighted by molar-refractivity contribution is 7.92. The van der Waals surface area contributed by atoms with Crippen LogP contribution >= 0.6 is 0 Å². The summed E-state index contributed by atoms with van der Waals surface area (Å²) in [4.78, 5) is 7.02. The number of aromatic nitrogens is 2. The van der Waals surface area contributed by atoms with E-state index in [1.54, 1.807) is 24.5 Å². The summed E-state index contributed by atoms with van der Waals surface area (Å²) in [7, 11) is -3.66. The van der Waals surface area contributed by atoms with Crippen molar-refractivity contribution in [3.05, 3.63) is 54.6 Å². The van der Waals surface area contributed by atoms with E-state index in [-0.39, 0.29) is 11.4 Å². The number of hydrogen-bond donors (Lipinski definition) is 3. The Balaban J connectivity index is 2.01. The average Bonchev–Trinajstić information content (AvgIpc) is 2.97. The molecule has 0 radical (unpaired) electrons. The number of sulfonamides is 1. The molecule has 6 nitrogen and oxygen atoms in total. The fourth-order valence-corrected chi connectivity index (χ4v) is 3.19. The highest BCUT2D eigenvalue weighted by Crippen LogP contribution is 2.25. The van der Waals surface area contributed by atoms with Gasteiger partial charge >= 0.3 is 0 Å². The molecule has 21 heavy (non-hydrogen) atoms. The Morgan fingerprint density at radius 3 is 2.90 bits per heavy atom. The van der Waals surface area contributed by atoms with Crippen LogP contribution in [0, 0.1) is 0 Å². The van der Waals surface area contributed by atoms with Crippen LogP contribution in [0.15, 0.2) is 53.8 Å². The van der Waals surface area contributed by atoms with E-state index >= 15 is 0 Å². The fraction of sp³-hybridized carbons (Fsp3) is 0.0714. The summed E-state index contributed by atoms with van der Waals surface area (Å²) in [5, 5.41) is 1.67. The average molecular weight is 302 g/mol. The van der Waals surface area contributed by atoms with E-state index in [0.29, 0.717) is 11.4 Å². The molecule has 2 heterocycles. The van der Waals surface area contributed by atoms with Crippen molar-refractivity contribution in [3.63, 3.8) is 0 Å². The number of hydrogen-bond acceptors (Lipinski definition) is 4. The molecule has 0 spiro atoms. The number of rotatable bonds is 4. The fourth-order valence-electron chi connectivity index (χ4n) is 2.10. The summed E-state index contributed by atoms with van der Waals surface area (Å²) in [6, 6.07) is 8.75. The lowest BCUT2D eigenvalue weighted by atomic mass is 10.1. The normalized spacial score (nSPS) is 11.7. The third-order valence-corrected chi connectivity index (χ3v) is 4.52. The zero-order chi connectivity index (χ0) is 14.9. The van der Waals surface area contributed by atoms with Crippen LogP contribution in [-0.2, 0) is 16.6 Å². The molecule has 108 valence electrons. The van der Waals surface area contributed by atoms with Gasteiger partial charge in [-0.15, -0.1) is 0 Å². The molecule has 0 amide bonds. The monoisotopic (exact) mass is 302 g/mol. The Kier molecular flexibility index (Phi) is 3.36. The molecule has 7 heteroatoms. The zero-order valence-corrected chi connectivity index (χ0v) is 11.9. The van der Waals surface area contributed by atoms with Crippen molar-refractivity contribution >= 4 is 26.5 Å². The SMILES string of the molecule is NCc1cc(S(=O)(=O)Nc2cccc3ccncc23)c[nH]1. The minimum Gasteiger partial charge on any atom is -0.363 e. The molecule has 0 atom stereocenters. The van der Waals surface area contributed by atoms with E-state index < -0.39 is 10.0 Å². The van der Waals surface area contributed by atoms with E-state index in [1.165, 1.54) is 12.3 Å². The van der Waals surface area contributed by atoms with Gasteiger partial charge in [0.05, 0.1) is 5.69 Å². The van der Waals surface area contributed by atoms with Crippen LogP contribution in [0.4, 0.5) is 5.69 Å². The molecule has 3 aromatic rings. The van der Waals surface area contributed by atoms with Crippen LogP contribution < -0.4 is 10.5 Å². The Morgan fingerprint density at radius 2 is 2.14 bits per heavy atom. The minimum atomic E-state index is -3.66. The lowest BCUT2D eigenvalue weighted by Gasteiger charge is -2.09. The molecule has 3 rings (SSSR count). The van der Waals surface area contributed by atoms with E-state index in [9.17, 15) is 8.42 Å². The molecule has 0 aliphatic heterocycles. The quantitative estimate of drug-likeness (QED) is 0.684. The second-order valence-electron chi connectivity index (χ2n) is 4.57. The van der Waals surface area contributed by atoms with Crippen molar-refractivity contribution in [2.24, 2.45) is 5.73 Å². The topological polar surface area (TPSA) is 101 Å². The number of nitrogens with zero attached hydrogens (tertiary/aromatic N) is 1. The molecule has 0 saturated carbocycles. The first-order valence-electron chi connectivity index (χ1n) is 6.33. The van der Waals surface area contributed by atoms with Gasteiger partial charge in [-0.25, -0.2) is 8.42 Å². The van der Waals surface area contributed by atoms with E-state index in [1.807, 2.05) is 12.1 Å². The maximum absolute atomic E-state index is 12.4. The minimum absolute atomic E-state index is 0.156. The second kappa shape index (κ2) is 5.19. The highest BCUT2D eigenvalue weighted by atomic mass is 32.2. The zero-order valence-electron chi connectivity index (χ0n) is 11.1. The summed E-state index contributed by atoms with van der Waals surface area (Å²) in [5.74, 6) is 0. The predicted molar refractivity (Wildman–Crippen MR) is 81.2 cm³/mol. The molecule has 0 aliphatic carbocycles. The summed E-state index contributed by atoms with van der Waals surface area (Å²) < 4.78 is 27.4. The summed E-state index contributed by atoms with van der Waals surface area (Å²) in [6.07, 6.45) is 4.73. The summed E-state index contributed by atoms with van der Waals surface area (Å²) >= 11 is 0. The lowest BCUT2D eigenvalue weighted by Crippen LogP contribution is -2.12. The van der Waals surface area contributed by atoms with Crippen LogP contribution in [0.3, 0.4) is 0 Å². The number of anilines is 1. The Bertz CT molecular complexity index is 881. The molecular formula is C14H14N4O2S. The van der Waals surface area contributed by atoms with Crippen molar-refractivity contribution < 1.29 is 8.42 Å². The van der Waals surface area contributed by atoms with Crippen LogP contribution in [0.1, 0.15) is 5.69 Å². The molecule has 0 saturated heterocycles. The molecule has 2 aromatic heterocycles. The van der Waals surface area contributed by atoms with Gasteiger partial charge in [-0.1, -0.05) is 12.1 Å². The van der Waals surface area contributed by atoms with Gasteiger partial charge in [0.1, 0.15) is 4.90 Å². The van der Waals surface area contributed by atoms with Crippen molar-refractivity contribution in [2.45, 2.75) is 11.4 Å². The van der Waals surface area contributed by atoms with Gasteiger partial charge in [0, 0.05) is 36.2 Å².